The van der Waals surface area contributed by atoms with Crippen molar-refractivity contribution < 1.29 is 9.47 Å². The molecule has 2 heterocycles. The lowest BCUT2D eigenvalue weighted by molar-refractivity contribution is 0.0453. The van der Waals surface area contributed by atoms with Gasteiger partial charge in [0.1, 0.15) is 5.82 Å². The Morgan fingerprint density at radius 2 is 1.81 bits per heavy atom. The van der Waals surface area contributed by atoms with Crippen molar-refractivity contribution in [2.24, 2.45) is 4.99 Å². The predicted molar refractivity (Wildman–Crippen MR) is 136 cm³/mol. The van der Waals surface area contributed by atoms with Crippen molar-refractivity contribution in [1.29, 1.82) is 0 Å². The molecule has 0 radical (unpaired) electrons. The van der Waals surface area contributed by atoms with Crippen LogP contribution in [0.1, 0.15) is 18.1 Å². The molecule has 1 fully saturated rings. The van der Waals surface area contributed by atoms with Gasteiger partial charge in [-0.2, -0.15) is 0 Å². The number of nitrogens with one attached hydrogen (secondary N) is 1. The number of pyridine rings is 1. The maximum Gasteiger partial charge on any atom is 0.194 e. The monoisotopic (exact) mass is 539 g/mol. The lowest BCUT2D eigenvalue weighted by atomic mass is 10.1. The summed E-state index contributed by atoms with van der Waals surface area (Å²) in [5.41, 5.74) is 2.39. The van der Waals surface area contributed by atoms with Gasteiger partial charge in [-0.1, -0.05) is 30.3 Å². The van der Waals surface area contributed by atoms with Gasteiger partial charge in [0.05, 0.1) is 19.8 Å². The minimum Gasteiger partial charge on any atom is -0.379 e. The number of hydrogen-bond donors (Lipinski definition) is 1. The van der Waals surface area contributed by atoms with E-state index < -0.39 is 0 Å². The van der Waals surface area contributed by atoms with E-state index in [1.807, 2.05) is 32.3 Å². The Hall–Kier alpha value is -1.91. The van der Waals surface area contributed by atoms with Crippen molar-refractivity contribution in [2.45, 2.75) is 20.1 Å². The van der Waals surface area contributed by atoms with Crippen molar-refractivity contribution in [1.82, 2.24) is 15.2 Å². The molecule has 0 amide bonds. The van der Waals surface area contributed by atoms with Gasteiger partial charge in [0.25, 0.3) is 0 Å². The molecule has 1 aromatic carbocycles. The molecular weight excluding hydrogens is 505 g/mol. The quantitative estimate of drug-likeness (QED) is 0.229. The number of anilines is 1. The van der Waals surface area contributed by atoms with E-state index in [0.29, 0.717) is 19.8 Å². The smallest absolute Gasteiger partial charge is 0.194 e. The predicted octanol–water partition coefficient (Wildman–Crippen LogP) is 3.15. The minimum absolute atomic E-state index is 0. The first-order chi connectivity index (χ1) is 14.8. The Morgan fingerprint density at radius 3 is 2.52 bits per heavy atom. The van der Waals surface area contributed by atoms with Crippen molar-refractivity contribution in [2.75, 3.05) is 57.9 Å². The van der Waals surface area contributed by atoms with E-state index >= 15 is 0 Å². The fourth-order valence-corrected chi connectivity index (χ4v) is 3.48. The lowest BCUT2D eigenvalue weighted by Crippen LogP contribution is -2.52. The molecule has 1 aliphatic rings. The Kier molecular flexibility index (Phi) is 11.6. The summed E-state index contributed by atoms with van der Waals surface area (Å²) in [6, 6.07) is 14.5. The summed E-state index contributed by atoms with van der Waals surface area (Å²) in [6.45, 7) is 9.03. The molecule has 0 spiro atoms. The van der Waals surface area contributed by atoms with E-state index in [9.17, 15) is 0 Å². The summed E-state index contributed by atoms with van der Waals surface area (Å²) >= 11 is 0. The first-order valence-corrected chi connectivity index (χ1v) is 10.6. The number of aromatic nitrogens is 1. The maximum atomic E-state index is 5.68. The fourth-order valence-electron chi connectivity index (χ4n) is 3.48. The van der Waals surface area contributed by atoms with Gasteiger partial charge >= 0.3 is 0 Å². The van der Waals surface area contributed by atoms with E-state index in [-0.39, 0.29) is 24.0 Å². The lowest BCUT2D eigenvalue weighted by Gasteiger charge is -2.37. The van der Waals surface area contributed by atoms with Crippen LogP contribution in [0, 0.1) is 0 Å². The molecule has 1 saturated heterocycles. The highest BCUT2D eigenvalue weighted by atomic mass is 127. The van der Waals surface area contributed by atoms with Crippen molar-refractivity contribution in [3.63, 3.8) is 0 Å². The van der Waals surface area contributed by atoms with Crippen LogP contribution in [-0.2, 0) is 22.6 Å². The molecule has 31 heavy (non-hydrogen) atoms. The summed E-state index contributed by atoms with van der Waals surface area (Å²) in [4.78, 5) is 13.6. The Morgan fingerprint density at radius 1 is 1.03 bits per heavy atom. The highest BCUT2D eigenvalue weighted by Crippen LogP contribution is 2.13. The zero-order valence-electron chi connectivity index (χ0n) is 18.5. The number of piperazine rings is 1. The Bertz CT molecular complexity index is 783. The van der Waals surface area contributed by atoms with Gasteiger partial charge in [0.15, 0.2) is 5.96 Å². The van der Waals surface area contributed by atoms with Crippen LogP contribution in [-0.4, -0.2) is 68.9 Å². The molecule has 1 aromatic heterocycles. The first kappa shape index (κ1) is 25.4. The van der Waals surface area contributed by atoms with E-state index in [4.69, 9.17) is 9.47 Å². The second kappa shape index (κ2) is 14.2. The fraction of sp³-hybridized carbons (Fsp3) is 0.478. The molecule has 2 aromatic rings. The molecule has 8 heteroatoms. The molecule has 0 saturated carbocycles. The Balaban J connectivity index is 0.00000341. The van der Waals surface area contributed by atoms with Crippen LogP contribution in [0.5, 0.6) is 0 Å². The minimum atomic E-state index is 0. The third-order valence-electron chi connectivity index (χ3n) is 5.05. The van der Waals surface area contributed by atoms with Gasteiger partial charge in [-0.15, -0.1) is 24.0 Å². The summed E-state index contributed by atoms with van der Waals surface area (Å²) < 4.78 is 11.0. The average molecular weight is 539 g/mol. The summed E-state index contributed by atoms with van der Waals surface area (Å²) in [6.07, 6.45) is 1.85. The van der Waals surface area contributed by atoms with Crippen LogP contribution in [0.2, 0.25) is 0 Å². The van der Waals surface area contributed by atoms with Crippen LogP contribution in [0.4, 0.5) is 5.82 Å². The molecule has 0 unspecified atom stereocenters. The average Bonchev–Trinajstić information content (AvgIpc) is 2.81. The molecule has 0 aliphatic carbocycles. The highest BCUT2D eigenvalue weighted by Gasteiger charge is 2.20. The number of hydrogen-bond acceptors (Lipinski definition) is 5. The zero-order chi connectivity index (χ0) is 21.0. The first-order valence-electron chi connectivity index (χ1n) is 10.6. The molecule has 0 bridgehead atoms. The van der Waals surface area contributed by atoms with Crippen LogP contribution in [0.25, 0.3) is 0 Å². The number of nitrogens with zero attached hydrogens (tertiary/aromatic N) is 4. The number of ether oxygens (including phenoxy) is 2. The third-order valence-corrected chi connectivity index (χ3v) is 5.05. The van der Waals surface area contributed by atoms with E-state index in [0.717, 1.165) is 51.1 Å². The molecular formula is C23H34IN5O2. The van der Waals surface area contributed by atoms with Crippen LogP contribution in [0.3, 0.4) is 0 Å². The van der Waals surface area contributed by atoms with Gasteiger partial charge in [0, 0.05) is 52.6 Å². The SMILES string of the molecule is CCOCCOCc1cccc(CNC(=NC)N2CCN(c3ccccn3)CC2)c1.I. The molecule has 170 valence electrons. The number of rotatable bonds is 9. The second-order valence-corrected chi connectivity index (χ2v) is 7.13. The van der Waals surface area contributed by atoms with Crippen molar-refractivity contribution in [3.05, 3.63) is 59.8 Å². The van der Waals surface area contributed by atoms with Crippen LogP contribution in [0.15, 0.2) is 53.7 Å². The number of aliphatic imine (C=N–C) groups is 1. The number of benzene rings is 1. The van der Waals surface area contributed by atoms with Crippen molar-refractivity contribution >= 4 is 35.8 Å². The summed E-state index contributed by atoms with van der Waals surface area (Å²) in [7, 11) is 1.84. The molecule has 1 N–H and O–H groups in total. The van der Waals surface area contributed by atoms with E-state index in [1.54, 1.807) is 0 Å². The molecule has 7 nitrogen and oxygen atoms in total. The van der Waals surface area contributed by atoms with E-state index in [1.165, 1.54) is 11.1 Å². The van der Waals surface area contributed by atoms with Gasteiger partial charge < -0.3 is 24.6 Å². The second-order valence-electron chi connectivity index (χ2n) is 7.13. The molecule has 3 rings (SSSR count). The zero-order valence-corrected chi connectivity index (χ0v) is 20.8. The summed E-state index contributed by atoms with van der Waals surface area (Å²) in [5.74, 6) is 1.98. The topological polar surface area (TPSA) is 62.2 Å². The Labute approximate surface area is 202 Å². The third kappa shape index (κ3) is 8.27. The maximum absolute atomic E-state index is 5.68. The normalized spacial score (nSPS) is 14.3. The highest BCUT2D eigenvalue weighted by molar-refractivity contribution is 14.0. The number of halogens is 1. The van der Waals surface area contributed by atoms with Gasteiger partial charge in [-0.05, 0) is 30.2 Å². The van der Waals surface area contributed by atoms with Gasteiger partial charge in [0.2, 0.25) is 0 Å². The van der Waals surface area contributed by atoms with E-state index in [2.05, 4.69) is 55.4 Å². The van der Waals surface area contributed by atoms with Gasteiger partial charge in [-0.3, -0.25) is 4.99 Å². The standard InChI is InChI=1S/C23H33N5O2.HI/c1-3-29-15-16-30-19-21-8-6-7-20(17-21)18-26-23(24-2)28-13-11-27(12-14-28)22-9-4-5-10-25-22;/h4-10,17H,3,11-16,18-19H2,1-2H3,(H,24,26);1H. The van der Waals surface area contributed by atoms with Crippen LogP contribution >= 0.6 is 24.0 Å². The molecule has 1 aliphatic heterocycles. The largest absolute Gasteiger partial charge is 0.379 e. The van der Waals surface area contributed by atoms with Crippen molar-refractivity contribution in [3.8, 4) is 0 Å². The number of guanidine groups is 1. The van der Waals surface area contributed by atoms with Crippen LogP contribution < -0.4 is 10.2 Å². The molecule has 0 atom stereocenters. The summed E-state index contributed by atoms with van der Waals surface area (Å²) in [5, 5.41) is 3.50. The van der Waals surface area contributed by atoms with Gasteiger partial charge in [-0.25, -0.2) is 4.98 Å².